The molecule has 2 aliphatic heterocycles. The number of unbranched alkanes of at least 4 members (excludes halogenated alkanes) is 2. The number of aliphatic hydroxyl groups is 7. The van der Waals surface area contributed by atoms with Crippen molar-refractivity contribution in [2.24, 2.45) is 32.9 Å². The number of nitrogens with one attached hydrogen (secondary N) is 2. The molecular weight excluding hydrogens is 796 g/mol. The molecule has 3 aliphatic rings. The molecule has 1 aromatic heterocycles. The number of aliphatic hydroxyl groups excluding tert-OH is 6. The number of carbonyl (C=O) groups excluding carboxylic acids is 2. The van der Waals surface area contributed by atoms with Crippen molar-refractivity contribution in [2.75, 3.05) is 19.0 Å². The third-order valence-electron chi connectivity index (χ3n) is 10.6. The Morgan fingerprint density at radius 2 is 1.58 bits per heavy atom. The Kier molecular flexibility index (Phi) is 16.9. The van der Waals surface area contributed by atoms with Crippen LogP contribution >= 0.6 is 0 Å². The lowest BCUT2D eigenvalue weighted by Crippen LogP contribution is -2.66. The number of nitrogens with zero attached hydrogens (tertiary/aromatic N) is 2. The molecule has 15 atom stereocenters. The summed E-state index contributed by atoms with van der Waals surface area (Å²) in [6.07, 6.45) is -13.8. The third kappa shape index (κ3) is 10.9. The van der Waals surface area contributed by atoms with E-state index in [9.17, 15) is 50.1 Å². The minimum atomic E-state index is -2.38. The van der Waals surface area contributed by atoms with Gasteiger partial charge in [-0.1, -0.05) is 19.8 Å². The van der Waals surface area contributed by atoms with Crippen LogP contribution in [0.3, 0.4) is 0 Å². The molecule has 0 unspecified atom stereocenters. The summed E-state index contributed by atoms with van der Waals surface area (Å²) < 4.78 is 28.1. The minimum absolute atomic E-state index is 0.00667. The average molecular weight is 855 g/mol. The van der Waals surface area contributed by atoms with Crippen LogP contribution in [0.2, 0.25) is 0 Å². The maximum absolute atomic E-state index is 12.1. The number of rotatable bonds is 14. The molecule has 1 saturated carbocycles. The van der Waals surface area contributed by atoms with Crippen molar-refractivity contribution in [2.45, 2.75) is 138 Å². The Balaban J connectivity index is 0.000000331. The van der Waals surface area contributed by atoms with Gasteiger partial charge in [0.15, 0.2) is 36.4 Å². The van der Waals surface area contributed by atoms with Crippen LogP contribution in [0.1, 0.15) is 45.1 Å². The van der Waals surface area contributed by atoms with E-state index in [1.807, 2.05) is 19.1 Å². The maximum atomic E-state index is 12.1. The number of ether oxygens (including phenoxy) is 4. The van der Waals surface area contributed by atoms with E-state index in [-0.39, 0.29) is 17.8 Å². The van der Waals surface area contributed by atoms with Crippen molar-refractivity contribution in [1.82, 2.24) is 5.32 Å². The SMILES string of the molecule is CCCCCC(=O)Nc1ccc2c(C)cc(=O)oc2c1.CN[C@@H]1[C@H](O[C@H]2[C@H](O[C@H]3[C@H](O)[C@@H](O)[C@H](N=C(N)N)[C@@H](O)[C@@H]3N=C(N)N)O[C@@H](C)[C@]2(O)C=O)O[C@@H](CO)[C@H](O)[C@H]1O. The van der Waals surface area contributed by atoms with Crippen LogP contribution in [-0.4, -0.2) is 165 Å². The lowest BCUT2D eigenvalue weighted by atomic mass is 9.81. The van der Waals surface area contributed by atoms with Crippen molar-refractivity contribution in [3.8, 4) is 0 Å². The Morgan fingerprint density at radius 3 is 2.18 bits per heavy atom. The number of likely N-dealkylation sites (N-methyl/N-ethyl adjacent to an activating group) is 1. The number of benzene rings is 1. The van der Waals surface area contributed by atoms with Gasteiger partial charge in [-0.15, -0.1) is 0 Å². The van der Waals surface area contributed by atoms with Gasteiger partial charge in [0.05, 0.1) is 18.8 Å². The summed E-state index contributed by atoms with van der Waals surface area (Å²) in [7, 11) is 1.42. The number of amides is 1. The molecule has 1 aromatic carbocycles. The Labute approximate surface area is 344 Å². The number of nitrogens with two attached hydrogens (primary N) is 4. The van der Waals surface area contributed by atoms with Gasteiger partial charge in [0.2, 0.25) is 5.91 Å². The lowest BCUT2D eigenvalue weighted by Gasteiger charge is -2.45. The number of aldehydes is 1. The molecular formula is C37H58N8O15. The molecule has 3 heterocycles. The van der Waals surface area contributed by atoms with Gasteiger partial charge >= 0.3 is 5.63 Å². The van der Waals surface area contributed by atoms with Crippen LogP contribution in [0.15, 0.2) is 43.5 Å². The predicted molar refractivity (Wildman–Crippen MR) is 213 cm³/mol. The van der Waals surface area contributed by atoms with Crippen LogP contribution in [0.4, 0.5) is 5.69 Å². The summed E-state index contributed by atoms with van der Waals surface area (Å²) in [4.78, 5) is 42.8. The lowest BCUT2D eigenvalue weighted by molar-refractivity contribution is -0.314. The summed E-state index contributed by atoms with van der Waals surface area (Å²) in [5.41, 5.74) is 21.0. The van der Waals surface area contributed by atoms with Crippen molar-refractivity contribution in [3.05, 3.63) is 40.2 Å². The Morgan fingerprint density at radius 1 is 0.917 bits per heavy atom. The van der Waals surface area contributed by atoms with E-state index in [4.69, 9.17) is 46.3 Å². The second-order valence-electron chi connectivity index (χ2n) is 14.9. The summed E-state index contributed by atoms with van der Waals surface area (Å²) in [5, 5.41) is 80.3. The molecule has 1 aliphatic carbocycles. The summed E-state index contributed by atoms with van der Waals surface area (Å²) >= 11 is 0. The van der Waals surface area contributed by atoms with Gasteiger partial charge in [-0.3, -0.25) is 9.59 Å². The second-order valence-corrected chi connectivity index (χ2v) is 14.9. The molecule has 60 heavy (non-hydrogen) atoms. The number of anilines is 1. The van der Waals surface area contributed by atoms with E-state index in [0.717, 1.165) is 30.2 Å². The van der Waals surface area contributed by atoms with Gasteiger partial charge in [-0.05, 0) is 45.0 Å². The molecule has 2 aromatic rings. The molecule has 1 amide bonds. The fourth-order valence-corrected chi connectivity index (χ4v) is 7.24. The van der Waals surface area contributed by atoms with Crippen molar-refractivity contribution >= 4 is 40.8 Å². The van der Waals surface area contributed by atoms with Gasteiger partial charge in [0.1, 0.15) is 66.5 Å². The summed E-state index contributed by atoms with van der Waals surface area (Å²) in [6, 6.07) is 2.76. The maximum Gasteiger partial charge on any atom is 0.336 e. The van der Waals surface area contributed by atoms with Crippen LogP contribution in [0.5, 0.6) is 0 Å². The molecule has 336 valence electrons. The molecule has 0 bridgehead atoms. The smallest absolute Gasteiger partial charge is 0.336 e. The highest BCUT2D eigenvalue weighted by Gasteiger charge is 2.61. The van der Waals surface area contributed by atoms with Gasteiger partial charge in [0.25, 0.3) is 0 Å². The Bertz CT molecular complexity index is 1880. The van der Waals surface area contributed by atoms with Crippen molar-refractivity contribution < 1.29 is 68.7 Å². The number of fused-ring (bicyclic) bond motifs is 1. The Hall–Kier alpha value is -4.37. The van der Waals surface area contributed by atoms with E-state index in [1.165, 1.54) is 20.0 Å². The fraction of sp³-hybridized carbons (Fsp3) is 0.649. The van der Waals surface area contributed by atoms with Crippen LogP contribution in [0.25, 0.3) is 11.0 Å². The second kappa shape index (κ2) is 20.9. The van der Waals surface area contributed by atoms with Crippen LogP contribution in [-0.2, 0) is 28.5 Å². The average Bonchev–Trinajstić information content (AvgIpc) is 3.42. The normalized spacial score (nSPS) is 35.2. The first-order valence-corrected chi connectivity index (χ1v) is 19.3. The minimum Gasteiger partial charge on any atom is -0.423 e. The highest BCUT2D eigenvalue weighted by Crippen LogP contribution is 2.38. The molecule has 23 nitrogen and oxygen atoms in total. The molecule has 0 spiro atoms. The molecule has 0 radical (unpaired) electrons. The zero-order valence-electron chi connectivity index (χ0n) is 33.6. The third-order valence-corrected chi connectivity index (χ3v) is 10.6. The molecule has 2 saturated heterocycles. The summed E-state index contributed by atoms with van der Waals surface area (Å²) in [5.74, 6) is -1.04. The van der Waals surface area contributed by atoms with Gasteiger partial charge in [-0.25, -0.2) is 14.8 Å². The van der Waals surface area contributed by atoms with Crippen LogP contribution < -0.4 is 39.2 Å². The predicted octanol–water partition coefficient (Wildman–Crippen LogP) is -4.54. The van der Waals surface area contributed by atoms with E-state index < -0.39 is 110 Å². The van der Waals surface area contributed by atoms with Gasteiger partial charge < -0.3 is 92.7 Å². The van der Waals surface area contributed by atoms with E-state index >= 15 is 0 Å². The molecule has 17 N–H and O–H groups in total. The van der Waals surface area contributed by atoms with Crippen molar-refractivity contribution in [1.29, 1.82) is 0 Å². The molecule has 3 fully saturated rings. The number of carbonyl (C=O) groups is 2. The van der Waals surface area contributed by atoms with Gasteiger partial charge in [-0.2, -0.15) is 0 Å². The van der Waals surface area contributed by atoms with E-state index in [0.29, 0.717) is 17.7 Å². The zero-order valence-corrected chi connectivity index (χ0v) is 33.6. The first kappa shape index (κ1) is 48.3. The van der Waals surface area contributed by atoms with Crippen molar-refractivity contribution in [3.63, 3.8) is 0 Å². The first-order chi connectivity index (χ1) is 28.3. The topological polar surface area (TPSA) is 396 Å². The standard InChI is InChI=1S/C21H39N7O12.C16H19NO3/c1-5-21(36,4-30)16(40-17-9(26-2)13(34)10(31)6(3-29)38-17)18(37-5)39-15-8(28-20(24)25)11(32)7(27-19(22)23)12(33)14(15)35;1-3-4-5-6-15(18)17-12-7-8-13-11(2)9-16(19)20-14(13)10-12/h4-18,26,29,31-36H,3H2,1-2H3,(H4,22,23,27)(H4,24,25,28);7-10H,3-6H2,1-2H3,(H,17,18)/t5-,6-,7+,8-,9-,10-,11+,12-,13-,14+,15+,16-,17-,18-,21+;/m0./s1. The number of aliphatic imine (C=N–C) groups is 2. The molecule has 23 heteroatoms. The monoisotopic (exact) mass is 854 g/mol. The zero-order chi connectivity index (χ0) is 44.6. The fourth-order valence-electron chi connectivity index (χ4n) is 7.24. The molecule has 5 rings (SSSR count). The quantitative estimate of drug-likeness (QED) is 0.0280. The summed E-state index contributed by atoms with van der Waals surface area (Å²) in [6.45, 7) is 4.59. The number of hydrogen-bond acceptors (Lipinski definition) is 18. The van der Waals surface area contributed by atoms with Gasteiger partial charge in [0, 0.05) is 29.6 Å². The first-order valence-electron chi connectivity index (χ1n) is 19.3. The van der Waals surface area contributed by atoms with E-state index in [2.05, 4.69) is 27.5 Å². The number of aryl methyl sites for hydroxylation is 1. The van der Waals surface area contributed by atoms with Crippen LogP contribution in [0, 0.1) is 6.92 Å². The highest BCUT2D eigenvalue weighted by atomic mass is 16.8. The number of hydrogen-bond donors (Lipinski definition) is 13. The highest BCUT2D eigenvalue weighted by molar-refractivity contribution is 5.93. The number of guanidine groups is 2. The largest absolute Gasteiger partial charge is 0.423 e. The van der Waals surface area contributed by atoms with E-state index in [1.54, 1.807) is 6.07 Å².